The minimum Gasteiger partial charge on any atom is -0.503 e. The van der Waals surface area contributed by atoms with E-state index in [0.717, 1.165) is 18.3 Å². The fraction of sp³-hybridized carbons (Fsp3) is 0.423. The van der Waals surface area contributed by atoms with Crippen LogP contribution in [0.2, 0.25) is 0 Å². The van der Waals surface area contributed by atoms with E-state index in [4.69, 9.17) is 10.8 Å². The standard InChI is InChI=1S/C26H29F5N6O4S/c1-34-25(7-5-13(6-8-25)23(40)36-12-26(29,30)31)37(2)24(41)19-21(39)20(38)16(11-35-19)22(33)42-18(32)9-14-3-4-15(27)10-17(14)28/h3-4,10-11,13,32-34,39H,5-9,12H2,1-2H3,(H,35,38)(H,36,40). The molecule has 0 saturated heterocycles. The normalized spacial score (nSPS) is 18.8. The molecule has 10 nitrogen and oxygen atoms in total. The van der Waals surface area contributed by atoms with Gasteiger partial charge in [-0.2, -0.15) is 13.2 Å². The van der Waals surface area contributed by atoms with Gasteiger partial charge in [-0.25, -0.2) is 8.78 Å². The second-order valence-electron chi connectivity index (χ2n) is 9.77. The molecule has 16 heteroatoms. The fourth-order valence-electron chi connectivity index (χ4n) is 4.71. The van der Waals surface area contributed by atoms with E-state index in [1.54, 1.807) is 7.05 Å². The molecule has 0 unspecified atom stereocenters. The summed E-state index contributed by atoms with van der Waals surface area (Å²) in [5.41, 5.74) is -2.92. The van der Waals surface area contributed by atoms with E-state index in [1.807, 2.05) is 5.32 Å². The van der Waals surface area contributed by atoms with Gasteiger partial charge in [0.1, 0.15) is 23.2 Å². The number of benzene rings is 1. The molecular weight excluding hydrogens is 587 g/mol. The van der Waals surface area contributed by atoms with Crippen LogP contribution >= 0.6 is 11.8 Å². The van der Waals surface area contributed by atoms with Crippen LogP contribution < -0.4 is 16.1 Å². The topological polar surface area (TPSA) is 162 Å². The largest absolute Gasteiger partial charge is 0.503 e. The Morgan fingerprint density at radius 1 is 1.21 bits per heavy atom. The number of carbonyl (C=O) groups is 2. The van der Waals surface area contributed by atoms with Gasteiger partial charge in [-0.05, 0) is 44.4 Å². The number of halogens is 5. The molecule has 0 bridgehead atoms. The molecule has 0 aliphatic heterocycles. The van der Waals surface area contributed by atoms with Crippen LogP contribution in [0.25, 0.3) is 0 Å². The van der Waals surface area contributed by atoms with Crippen LogP contribution in [0.5, 0.6) is 5.75 Å². The lowest BCUT2D eigenvalue weighted by Crippen LogP contribution is -2.60. The molecule has 1 aromatic heterocycles. The van der Waals surface area contributed by atoms with Gasteiger partial charge in [0.2, 0.25) is 11.3 Å². The number of thioether (sulfide) groups is 1. The van der Waals surface area contributed by atoms with Crippen molar-refractivity contribution in [2.75, 3.05) is 20.6 Å². The summed E-state index contributed by atoms with van der Waals surface area (Å²) < 4.78 is 64.4. The molecule has 1 aromatic carbocycles. The number of alkyl halides is 3. The summed E-state index contributed by atoms with van der Waals surface area (Å²) in [6.07, 6.45) is -3.06. The van der Waals surface area contributed by atoms with E-state index in [9.17, 15) is 41.4 Å². The number of nitrogens with one attached hydrogen (secondary N) is 5. The number of aromatic nitrogens is 1. The van der Waals surface area contributed by atoms with Gasteiger partial charge in [-0.3, -0.25) is 30.5 Å². The minimum atomic E-state index is -4.54. The molecular formula is C26H29F5N6O4S. The Kier molecular flexibility index (Phi) is 10.1. The molecule has 6 N–H and O–H groups in total. The highest BCUT2D eigenvalue weighted by Crippen LogP contribution is 2.35. The van der Waals surface area contributed by atoms with Gasteiger partial charge in [-0.1, -0.05) is 17.8 Å². The first-order valence-electron chi connectivity index (χ1n) is 12.6. The maximum atomic E-state index is 13.9. The van der Waals surface area contributed by atoms with E-state index < -0.39 is 69.7 Å². The number of carbonyl (C=O) groups excluding carboxylic acids is 2. The van der Waals surface area contributed by atoms with Crippen LogP contribution in [0.3, 0.4) is 0 Å². The van der Waals surface area contributed by atoms with Gasteiger partial charge >= 0.3 is 6.18 Å². The number of aromatic hydroxyl groups is 1. The van der Waals surface area contributed by atoms with E-state index in [2.05, 4.69) is 10.3 Å². The Morgan fingerprint density at radius 2 is 1.86 bits per heavy atom. The monoisotopic (exact) mass is 616 g/mol. The summed E-state index contributed by atoms with van der Waals surface area (Å²) >= 11 is 0.511. The molecule has 0 radical (unpaired) electrons. The van der Waals surface area contributed by atoms with Crippen molar-refractivity contribution >= 4 is 33.7 Å². The van der Waals surface area contributed by atoms with Crippen molar-refractivity contribution in [2.24, 2.45) is 5.92 Å². The van der Waals surface area contributed by atoms with Gasteiger partial charge in [0.05, 0.1) is 16.3 Å². The molecule has 1 aliphatic carbocycles. The molecule has 1 saturated carbocycles. The number of rotatable bonds is 8. The molecule has 2 amide bonds. The van der Waals surface area contributed by atoms with E-state index in [1.165, 1.54) is 11.9 Å². The number of nitrogens with zero attached hydrogens (tertiary/aromatic N) is 1. The second-order valence-corrected chi connectivity index (χ2v) is 10.9. The third kappa shape index (κ3) is 7.53. The lowest BCUT2D eigenvalue weighted by Gasteiger charge is -2.46. The number of H-pyrrole nitrogens is 1. The average molecular weight is 617 g/mol. The van der Waals surface area contributed by atoms with Crippen LogP contribution in [0.4, 0.5) is 22.0 Å². The zero-order chi connectivity index (χ0) is 31.4. The molecule has 42 heavy (non-hydrogen) atoms. The van der Waals surface area contributed by atoms with Crippen LogP contribution in [0.15, 0.2) is 29.2 Å². The number of pyridine rings is 1. The van der Waals surface area contributed by atoms with Crippen molar-refractivity contribution in [1.82, 2.24) is 20.5 Å². The zero-order valence-corrected chi connectivity index (χ0v) is 23.4. The number of hydrogen-bond donors (Lipinski definition) is 6. The molecule has 228 valence electrons. The fourth-order valence-corrected chi connectivity index (χ4v) is 5.44. The summed E-state index contributed by atoms with van der Waals surface area (Å²) in [6.45, 7) is -1.44. The lowest BCUT2D eigenvalue weighted by atomic mass is 9.80. The number of hydrogen-bond acceptors (Lipinski definition) is 8. The lowest BCUT2D eigenvalue weighted by molar-refractivity contribution is -0.142. The highest BCUT2D eigenvalue weighted by atomic mass is 32.2. The van der Waals surface area contributed by atoms with Crippen molar-refractivity contribution in [3.05, 3.63) is 63.1 Å². The van der Waals surface area contributed by atoms with E-state index in [0.29, 0.717) is 17.8 Å². The third-order valence-corrected chi connectivity index (χ3v) is 7.98. The molecule has 0 atom stereocenters. The Hall–Kier alpha value is -3.79. The third-order valence-electron chi connectivity index (χ3n) is 7.17. The Labute approximate surface area is 241 Å². The first-order chi connectivity index (χ1) is 19.6. The summed E-state index contributed by atoms with van der Waals surface area (Å²) in [5, 5.41) is 31.0. The van der Waals surface area contributed by atoms with Crippen molar-refractivity contribution in [3.8, 4) is 5.75 Å². The van der Waals surface area contributed by atoms with Crippen LogP contribution in [-0.4, -0.2) is 69.4 Å². The summed E-state index contributed by atoms with van der Waals surface area (Å²) in [6, 6.07) is 2.84. The maximum absolute atomic E-state index is 13.9. The SMILES string of the molecule is CNC1(N(C)C(=O)c2[nH]cc(C(=N)SC(=N)Cc3ccc(F)cc3F)c(=O)c2O)CCC(C(=O)NCC(F)(F)F)CC1. The van der Waals surface area contributed by atoms with E-state index >= 15 is 0 Å². The van der Waals surface area contributed by atoms with Crippen molar-refractivity contribution < 1.29 is 36.6 Å². The first-order valence-corrected chi connectivity index (χ1v) is 13.4. The summed E-state index contributed by atoms with van der Waals surface area (Å²) in [4.78, 5) is 42.1. The second kappa shape index (κ2) is 13.0. The van der Waals surface area contributed by atoms with Gasteiger partial charge in [0.25, 0.3) is 5.91 Å². The summed E-state index contributed by atoms with van der Waals surface area (Å²) in [5.74, 6) is -4.86. The van der Waals surface area contributed by atoms with Crippen LogP contribution in [-0.2, 0) is 11.2 Å². The van der Waals surface area contributed by atoms with Gasteiger partial charge < -0.3 is 20.3 Å². The number of aromatic amines is 1. The smallest absolute Gasteiger partial charge is 0.405 e. The van der Waals surface area contributed by atoms with E-state index in [-0.39, 0.29) is 48.3 Å². The summed E-state index contributed by atoms with van der Waals surface area (Å²) in [7, 11) is 2.97. The highest BCUT2D eigenvalue weighted by Gasteiger charge is 2.43. The van der Waals surface area contributed by atoms with Gasteiger partial charge in [0, 0.05) is 31.6 Å². The highest BCUT2D eigenvalue weighted by molar-refractivity contribution is 8.26. The Morgan fingerprint density at radius 3 is 2.43 bits per heavy atom. The van der Waals surface area contributed by atoms with Crippen LogP contribution in [0.1, 0.15) is 47.3 Å². The molecule has 3 rings (SSSR count). The van der Waals surface area contributed by atoms with Crippen molar-refractivity contribution in [3.63, 3.8) is 0 Å². The average Bonchev–Trinajstić information content (AvgIpc) is 2.93. The predicted octanol–water partition coefficient (Wildman–Crippen LogP) is 3.49. The Balaban J connectivity index is 1.69. The van der Waals surface area contributed by atoms with Crippen molar-refractivity contribution in [1.29, 1.82) is 10.8 Å². The molecule has 1 heterocycles. The molecule has 0 spiro atoms. The van der Waals surface area contributed by atoms with Crippen LogP contribution in [0, 0.1) is 28.4 Å². The molecule has 2 aromatic rings. The van der Waals surface area contributed by atoms with Gasteiger partial charge in [0.15, 0.2) is 11.4 Å². The number of amides is 2. The molecule has 1 fully saturated rings. The molecule has 1 aliphatic rings. The predicted molar refractivity (Wildman–Crippen MR) is 146 cm³/mol. The van der Waals surface area contributed by atoms with Gasteiger partial charge in [-0.15, -0.1) is 0 Å². The Bertz CT molecular complexity index is 1440. The van der Waals surface area contributed by atoms with Crippen molar-refractivity contribution in [2.45, 2.75) is 43.9 Å². The quantitative estimate of drug-likeness (QED) is 0.115. The minimum absolute atomic E-state index is 0.0110. The maximum Gasteiger partial charge on any atom is 0.405 e. The zero-order valence-electron chi connectivity index (χ0n) is 22.5. The first kappa shape index (κ1) is 32.7.